The number of ether oxygens (including phenoxy) is 2. The number of hydrazone groups is 1. The lowest BCUT2D eigenvalue weighted by atomic mass is 10.2. The highest BCUT2D eigenvalue weighted by Gasteiger charge is 2.06. The van der Waals surface area contributed by atoms with Gasteiger partial charge in [0, 0.05) is 11.1 Å². The number of benzene rings is 3. The Hall–Kier alpha value is -3.02. The van der Waals surface area contributed by atoms with Crippen LogP contribution in [0.25, 0.3) is 0 Å². The van der Waals surface area contributed by atoms with E-state index in [2.05, 4.69) is 10.5 Å². The Balaban J connectivity index is 1.48. The van der Waals surface area contributed by atoms with Crippen molar-refractivity contribution >= 4 is 35.3 Å². The predicted octanol–water partition coefficient (Wildman–Crippen LogP) is 5.10. The Kier molecular flexibility index (Phi) is 7.50. The fraction of sp³-hybridized carbons (Fsp3) is 0.0909. The van der Waals surface area contributed by atoms with E-state index >= 15 is 0 Å². The van der Waals surface area contributed by atoms with Gasteiger partial charge in [-0.1, -0.05) is 65.7 Å². The molecule has 0 atom stereocenters. The maximum Gasteiger partial charge on any atom is 0.277 e. The highest BCUT2D eigenvalue weighted by atomic mass is 35.5. The number of nitrogens with one attached hydrogen (secondary N) is 1. The minimum absolute atomic E-state index is 0.238. The van der Waals surface area contributed by atoms with Crippen LogP contribution in [0.5, 0.6) is 11.5 Å². The van der Waals surface area contributed by atoms with Crippen molar-refractivity contribution in [3.8, 4) is 11.5 Å². The molecule has 0 aliphatic rings. The van der Waals surface area contributed by atoms with Crippen molar-refractivity contribution in [2.75, 3.05) is 6.61 Å². The number of rotatable bonds is 8. The minimum atomic E-state index is -0.422. The molecule has 7 heteroatoms. The van der Waals surface area contributed by atoms with Crippen LogP contribution < -0.4 is 14.9 Å². The van der Waals surface area contributed by atoms with Crippen LogP contribution in [-0.2, 0) is 11.4 Å². The first kappa shape index (κ1) is 20.7. The Morgan fingerprint density at radius 1 is 0.966 bits per heavy atom. The van der Waals surface area contributed by atoms with Gasteiger partial charge in [0.05, 0.1) is 11.2 Å². The molecule has 0 unspecified atom stereocenters. The number of hydrogen-bond acceptors (Lipinski definition) is 4. The summed E-state index contributed by atoms with van der Waals surface area (Å²) in [7, 11) is 0. The van der Waals surface area contributed by atoms with E-state index in [0.29, 0.717) is 28.2 Å². The predicted molar refractivity (Wildman–Crippen MR) is 115 cm³/mol. The van der Waals surface area contributed by atoms with Gasteiger partial charge >= 0.3 is 0 Å². The molecule has 0 radical (unpaired) electrons. The zero-order valence-corrected chi connectivity index (χ0v) is 16.9. The minimum Gasteiger partial charge on any atom is -0.489 e. The van der Waals surface area contributed by atoms with Gasteiger partial charge in [0.15, 0.2) is 6.61 Å². The second kappa shape index (κ2) is 10.5. The lowest BCUT2D eigenvalue weighted by Gasteiger charge is -2.07. The molecule has 0 fully saturated rings. The average Bonchev–Trinajstić information content (AvgIpc) is 2.74. The fourth-order valence-electron chi connectivity index (χ4n) is 2.37. The van der Waals surface area contributed by atoms with E-state index in [9.17, 15) is 4.79 Å². The van der Waals surface area contributed by atoms with E-state index in [-0.39, 0.29) is 6.61 Å². The van der Waals surface area contributed by atoms with Gasteiger partial charge in [-0.3, -0.25) is 4.79 Å². The highest BCUT2D eigenvalue weighted by molar-refractivity contribution is 6.34. The second-order valence-corrected chi connectivity index (χ2v) is 6.85. The van der Waals surface area contributed by atoms with Gasteiger partial charge < -0.3 is 9.47 Å². The van der Waals surface area contributed by atoms with Gasteiger partial charge in [0.25, 0.3) is 5.91 Å². The molecule has 0 saturated heterocycles. The third kappa shape index (κ3) is 6.82. The van der Waals surface area contributed by atoms with E-state index in [1.54, 1.807) is 18.2 Å². The van der Waals surface area contributed by atoms with Crippen molar-refractivity contribution < 1.29 is 14.3 Å². The van der Waals surface area contributed by atoms with Crippen LogP contribution in [0.4, 0.5) is 0 Å². The molecule has 0 heterocycles. The number of amides is 1. The van der Waals surface area contributed by atoms with Gasteiger partial charge in [-0.15, -0.1) is 0 Å². The summed E-state index contributed by atoms with van der Waals surface area (Å²) in [6.07, 6.45) is 1.53. The van der Waals surface area contributed by atoms with E-state index in [4.69, 9.17) is 32.7 Å². The van der Waals surface area contributed by atoms with Crippen molar-refractivity contribution in [1.29, 1.82) is 0 Å². The zero-order valence-electron chi connectivity index (χ0n) is 15.3. The summed E-state index contributed by atoms with van der Waals surface area (Å²) >= 11 is 11.9. The molecule has 29 heavy (non-hydrogen) atoms. The number of carbonyl (C=O) groups is 1. The maximum absolute atomic E-state index is 11.9. The standard InChI is InChI=1S/C22H18Cl2N2O3/c23-18-9-10-20(24)21(12-18)29-15-22(27)26-25-13-17-7-4-8-19(11-17)28-14-16-5-2-1-3-6-16/h1-13H,14-15H2,(H,26,27)/b25-13-. The number of nitrogens with zero attached hydrogens (tertiary/aromatic N) is 1. The molecule has 3 aromatic carbocycles. The molecule has 0 spiro atoms. The molecule has 5 nitrogen and oxygen atoms in total. The molecule has 1 amide bonds. The molecule has 0 saturated carbocycles. The maximum atomic E-state index is 11.9. The Labute approximate surface area is 178 Å². The molecule has 0 aliphatic heterocycles. The number of halogens is 2. The Bertz CT molecular complexity index is 994. The zero-order chi connectivity index (χ0) is 20.5. The average molecular weight is 429 g/mol. The summed E-state index contributed by atoms with van der Waals surface area (Å²) in [5, 5.41) is 4.78. The van der Waals surface area contributed by atoms with Crippen molar-refractivity contribution in [3.05, 3.63) is 94.0 Å². The smallest absolute Gasteiger partial charge is 0.277 e. The van der Waals surface area contributed by atoms with Gasteiger partial charge in [0.2, 0.25) is 0 Å². The molecule has 1 N–H and O–H groups in total. The molecular weight excluding hydrogens is 411 g/mol. The van der Waals surface area contributed by atoms with Crippen molar-refractivity contribution in [2.45, 2.75) is 6.61 Å². The summed E-state index contributed by atoms with van der Waals surface area (Å²) < 4.78 is 11.1. The van der Waals surface area contributed by atoms with Crippen LogP contribution in [0.3, 0.4) is 0 Å². The third-order valence-electron chi connectivity index (χ3n) is 3.76. The van der Waals surface area contributed by atoms with Crippen molar-refractivity contribution in [2.24, 2.45) is 5.10 Å². The van der Waals surface area contributed by atoms with Crippen LogP contribution in [0.2, 0.25) is 10.0 Å². The first-order valence-corrected chi connectivity index (χ1v) is 9.52. The van der Waals surface area contributed by atoms with Gasteiger partial charge in [0.1, 0.15) is 18.1 Å². The largest absolute Gasteiger partial charge is 0.489 e. The molecule has 3 aromatic rings. The van der Waals surface area contributed by atoms with Crippen molar-refractivity contribution in [1.82, 2.24) is 5.43 Å². The second-order valence-electron chi connectivity index (χ2n) is 6.00. The highest BCUT2D eigenvalue weighted by Crippen LogP contribution is 2.27. The molecular formula is C22H18Cl2N2O3. The summed E-state index contributed by atoms with van der Waals surface area (Å²) in [5.41, 5.74) is 4.27. The lowest BCUT2D eigenvalue weighted by Crippen LogP contribution is -2.24. The van der Waals surface area contributed by atoms with Crippen LogP contribution in [-0.4, -0.2) is 18.7 Å². The van der Waals surface area contributed by atoms with Gasteiger partial charge in [-0.2, -0.15) is 5.10 Å². The van der Waals surface area contributed by atoms with Crippen molar-refractivity contribution in [3.63, 3.8) is 0 Å². The van der Waals surface area contributed by atoms with Gasteiger partial charge in [-0.05, 0) is 35.4 Å². The summed E-state index contributed by atoms with van der Waals surface area (Å²) in [4.78, 5) is 11.9. The Morgan fingerprint density at radius 3 is 2.62 bits per heavy atom. The molecule has 0 bridgehead atoms. The molecule has 3 rings (SSSR count). The Morgan fingerprint density at radius 2 is 1.79 bits per heavy atom. The first-order valence-electron chi connectivity index (χ1n) is 8.77. The molecule has 148 valence electrons. The monoisotopic (exact) mass is 428 g/mol. The lowest BCUT2D eigenvalue weighted by molar-refractivity contribution is -0.123. The van der Waals surface area contributed by atoms with Gasteiger partial charge in [-0.25, -0.2) is 5.43 Å². The fourth-order valence-corrected chi connectivity index (χ4v) is 2.70. The quantitative estimate of drug-likeness (QED) is 0.400. The number of carbonyl (C=O) groups excluding carboxylic acids is 1. The van der Waals surface area contributed by atoms with E-state index < -0.39 is 5.91 Å². The molecule has 0 aliphatic carbocycles. The van der Waals surface area contributed by atoms with Crippen LogP contribution in [0.15, 0.2) is 77.9 Å². The summed E-state index contributed by atoms with van der Waals surface area (Å²) in [5.74, 6) is 0.624. The van der Waals surface area contributed by atoms with E-state index in [1.807, 2.05) is 54.6 Å². The summed E-state index contributed by atoms with van der Waals surface area (Å²) in [6, 6.07) is 22.1. The van der Waals surface area contributed by atoms with E-state index in [0.717, 1.165) is 11.1 Å². The van der Waals surface area contributed by atoms with E-state index in [1.165, 1.54) is 6.21 Å². The summed E-state index contributed by atoms with van der Waals surface area (Å²) in [6.45, 7) is 0.235. The molecule has 0 aromatic heterocycles. The third-order valence-corrected chi connectivity index (χ3v) is 4.31. The topological polar surface area (TPSA) is 59.9 Å². The first-order chi connectivity index (χ1) is 14.1. The number of hydrogen-bond donors (Lipinski definition) is 1. The SMILES string of the molecule is O=C(COc1cc(Cl)ccc1Cl)N/N=C\c1cccc(OCc2ccccc2)c1. The van der Waals surface area contributed by atoms with Crippen LogP contribution >= 0.6 is 23.2 Å². The van der Waals surface area contributed by atoms with Crippen LogP contribution in [0.1, 0.15) is 11.1 Å². The van der Waals surface area contributed by atoms with Crippen LogP contribution in [0, 0.1) is 0 Å². The normalized spacial score (nSPS) is 10.7.